The Bertz CT molecular complexity index is 704. The number of hydrogen-bond acceptors (Lipinski definition) is 3. The molecule has 0 radical (unpaired) electrons. The predicted molar refractivity (Wildman–Crippen MR) is 75.2 cm³/mol. The van der Waals surface area contributed by atoms with Gasteiger partial charge in [0.05, 0.1) is 4.34 Å². The molecule has 3 rings (SSSR count). The van der Waals surface area contributed by atoms with E-state index in [4.69, 9.17) is 11.6 Å². The molecule has 18 heavy (non-hydrogen) atoms. The summed E-state index contributed by atoms with van der Waals surface area (Å²) in [7, 11) is 0. The molecular weight excluding hydrogens is 291 g/mol. The lowest BCUT2D eigenvalue weighted by Gasteiger charge is -2.04. The van der Waals surface area contributed by atoms with Crippen LogP contribution in [0, 0.1) is 5.82 Å². The number of aliphatic hydroxyl groups is 1. The fourth-order valence-corrected chi connectivity index (χ4v) is 3.98. The van der Waals surface area contributed by atoms with Crippen molar-refractivity contribution >= 4 is 44.4 Å². The van der Waals surface area contributed by atoms with Crippen LogP contribution in [0.25, 0.3) is 10.1 Å². The summed E-state index contributed by atoms with van der Waals surface area (Å²) in [6.07, 6.45) is -0.692. The Hall–Kier alpha value is -0.940. The molecule has 1 aromatic carbocycles. The van der Waals surface area contributed by atoms with Crippen LogP contribution in [0.2, 0.25) is 4.34 Å². The number of benzene rings is 1. The minimum Gasteiger partial charge on any atom is -0.382 e. The molecule has 1 atom stereocenters. The summed E-state index contributed by atoms with van der Waals surface area (Å²) in [5, 5.41) is 11.1. The highest BCUT2D eigenvalue weighted by Crippen LogP contribution is 2.36. The van der Waals surface area contributed by atoms with Gasteiger partial charge in [0.25, 0.3) is 0 Å². The third-order valence-corrected chi connectivity index (χ3v) is 5.08. The van der Waals surface area contributed by atoms with Crippen LogP contribution in [0.1, 0.15) is 15.9 Å². The number of hydrogen-bond donors (Lipinski definition) is 1. The van der Waals surface area contributed by atoms with Crippen LogP contribution in [-0.2, 0) is 0 Å². The van der Waals surface area contributed by atoms with Crippen molar-refractivity contribution in [3.05, 3.63) is 56.3 Å². The second-order valence-electron chi connectivity index (χ2n) is 3.88. The van der Waals surface area contributed by atoms with Gasteiger partial charge >= 0.3 is 0 Å². The number of rotatable bonds is 2. The van der Waals surface area contributed by atoms with E-state index < -0.39 is 6.10 Å². The molecule has 0 aliphatic carbocycles. The Morgan fingerprint density at radius 1 is 1.06 bits per heavy atom. The molecule has 0 bridgehead atoms. The Morgan fingerprint density at radius 2 is 1.89 bits per heavy atom. The van der Waals surface area contributed by atoms with E-state index in [-0.39, 0.29) is 5.82 Å². The molecule has 1 nitrogen and oxygen atoms in total. The lowest BCUT2D eigenvalue weighted by Crippen LogP contribution is -1.92. The summed E-state index contributed by atoms with van der Waals surface area (Å²) in [5.74, 6) is -0.263. The van der Waals surface area contributed by atoms with Crippen molar-refractivity contribution in [2.24, 2.45) is 0 Å². The summed E-state index contributed by atoms with van der Waals surface area (Å²) < 4.78 is 14.7. The first kappa shape index (κ1) is 12.1. The molecule has 0 aliphatic heterocycles. The highest BCUT2D eigenvalue weighted by molar-refractivity contribution is 7.19. The summed E-state index contributed by atoms with van der Waals surface area (Å²) in [5.41, 5.74) is 0. The first-order valence-electron chi connectivity index (χ1n) is 5.26. The van der Waals surface area contributed by atoms with E-state index in [1.165, 1.54) is 34.8 Å². The van der Waals surface area contributed by atoms with Crippen LogP contribution in [0.5, 0.6) is 0 Å². The van der Waals surface area contributed by atoms with E-state index in [0.717, 1.165) is 19.8 Å². The molecule has 3 aromatic rings. The van der Waals surface area contributed by atoms with Crippen LogP contribution < -0.4 is 0 Å². The van der Waals surface area contributed by atoms with Crippen molar-refractivity contribution in [2.75, 3.05) is 0 Å². The molecule has 0 saturated carbocycles. The van der Waals surface area contributed by atoms with Gasteiger partial charge in [-0.15, -0.1) is 22.7 Å². The Kier molecular flexibility index (Phi) is 3.11. The van der Waals surface area contributed by atoms with E-state index in [2.05, 4.69) is 0 Å². The Morgan fingerprint density at radius 3 is 2.61 bits per heavy atom. The molecular formula is C13H8ClFOS2. The van der Waals surface area contributed by atoms with E-state index in [1.807, 2.05) is 12.1 Å². The fraction of sp³-hybridized carbons (Fsp3) is 0.0769. The third kappa shape index (κ3) is 2.17. The van der Waals surface area contributed by atoms with Crippen molar-refractivity contribution in [3.63, 3.8) is 0 Å². The molecule has 0 fully saturated rings. The largest absolute Gasteiger partial charge is 0.382 e. The normalized spacial score (nSPS) is 13.1. The minimum absolute atomic E-state index is 0.263. The van der Waals surface area contributed by atoms with Gasteiger partial charge in [0.1, 0.15) is 11.9 Å². The number of aliphatic hydroxyl groups excluding tert-OH is 1. The predicted octanol–water partition coefficient (Wildman–Crippen LogP) is 4.84. The lowest BCUT2D eigenvalue weighted by atomic mass is 10.2. The van der Waals surface area contributed by atoms with Gasteiger partial charge in [-0.3, -0.25) is 0 Å². The molecule has 0 spiro atoms. The summed E-state index contributed by atoms with van der Waals surface area (Å²) in [4.78, 5) is 1.60. The molecule has 1 unspecified atom stereocenters. The van der Waals surface area contributed by atoms with Crippen LogP contribution in [0.15, 0.2) is 36.4 Å². The summed E-state index contributed by atoms with van der Waals surface area (Å²) in [6, 6.07) is 10.0. The quantitative estimate of drug-likeness (QED) is 0.718. The molecule has 5 heteroatoms. The monoisotopic (exact) mass is 298 g/mol. The molecule has 92 valence electrons. The zero-order valence-corrected chi connectivity index (χ0v) is 11.5. The number of thiophene rings is 2. The van der Waals surface area contributed by atoms with Crippen molar-refractivity contribution in [2.45, 2.75) is 6.10 Å². The van der Waals surface area contributed by atoms with Gasteiger partial charge in [-0.05, 0) is 41.8 Å². The van der Waals surface area contributed by atoms with Crippen molar-refractivity contribution in [1.29, 1.82) is 0 Å². The van der Waals surface area contributed by atoms with Crippen molar-refractivity contribution in [3.8, 4) is 0 Å². The highest BCUT2D eigenvalue weighted by Gasteiger charge is 2.15. The average molecular weight is 299 g/mol. The average Bonchev–Trinajstić information content (AvgIpc) is 2.93. The second-order valence-corrected chi connectivity index (χ2v) is 6.74. The van der Waals surface area contributed by atoms with Crippen LogP contribution >= 0.6 is 34.3 Å². The SMILES string of the molecule is OC(c1ccc(Cl)s1)c1cc2cc(F)ccc2s1. The maximum absolute atomic E-state index is 13.1. The van der Waals surface area contributed by atoms with Crippen molar-refractivity contribution < 1.29 is 9.50 Å². The maximum Gasteiger partial charge on any atom is 0.123 e. The zero-order valence-electron chi connectivity index (χ0n) is 9.06. The fourth-order valence-electron chi connectivity index (χ4n) is 1.78. The molecule has 1 N–H and O–H groups in total. The third-order valence-electron chi connectivity index (χ3n) is 2.63. The second kappa shape index (κ2) is 4.63. The molecule has 0 aliphatic rings. The van der Waals surface area contributed by atoms with Crippen LogP contribution in [0.4, 0.5) is 4.39 Å². The topological polar surface area (TPSA) is 20.2 Å². The first-order valence-corrected chi connectivity index (χ1v) is 7.27. The number of halogens is 2. The van der Waals surface area contributed by atoms with Gasteiger partial charge < -0.3 is 5.11 Å². The van der Waals surface area contributed by atoms with Gasteiger partial charge in [-0.2, -0.15) is 0 Å². The van der Waals surface area contributed by atoms with Crippen LogP contribution in [-0.4, -0.2) is 5.11 Å². The van der Waals surface area contributed by atoms with E-state index in [9.17, 15) is 9.50 Å². The van der Waals surface area contributed by atoms with E-state index in [0.29, 0.717) is 4.34 Å². The first-order chi connectivity index (χ1) is 8.63. The molecule has 2 aromatic heterocycles. The summed E-state index contributed by atoms with van der Waals surface area (Å²) in [6.45, 7) is 0. The summed E-state index contributed by atoms with van der Waals surface area (Å²) >= 11 is 8.67. The van der Waals surface area contributed by atoms with Gasteiger partial charge in [-0.25, -0.2) is 4.39 Å². The van der Waals surface area contributed by atoms with Crippen LogP contribution in [0.3, 0.4) is 0 Å². The lowest BCUT2D eigenvalue weighted by molar-refractivity contribution is 0.228. The molecule has 2 heterocycles. The Labute approximate surface area is 116 Å². The van der Waals surface area contributed by atoms with Gasteiger partial charge in [-0.1, -0.05) is 11.6 Å². The smallest absolute Gasteiger partial charge is 0.123 e. The van der Waals surface area contributed by atoms with Crippen molar-refractivity contribution in [1.82, 2.24) is 0 Å². The number of fused-ring (bicyclic) bond motifs is 1. The molecule has 0 amide bonds. The molecule has 0 saturated heterocycles. The minimum atomic E-state index is -0.692. The maximum atomic E-state index is 13.1. The van der Waals surface area contributed by atoms with E-state index in [1.54, 1.807) is 12.1 Å². The van der Waals surface area contributed by atoms with E-state index >= 15 is 0 Å². The highest BCUT2D eigenvalue weighted by atomic mass is 35.5. The van der Waals surface area contributed by atoms with Gasteiger partial charge in [0.15, 0.2) is 0 Å². The van der Waals surface area contributed by atoms with Gasteiger partial charge in [0, 0.05) is 14.5 Å². The van der Waals surface area contributed by atoms with Gasteiger partial charge in [0.2, 0.25) is 0 Å². The Balaban J connectivity index is 2.03. The zero-order chi connectivity index (χ0) is 12.7. The standard InChI is InChI=1S/C13H8ClFOS2/c14-12-4-3-10(18-12)13(16)11-6-7-5-8(15)1-2-9(7)17-11/h1-6,13,16H.